The zero-order valence-corrected chi connectivity index (χ0v) is 12.2. The highest BCUT2D eigenvalue weighted by Gasteiger charge is 2.40. The fraction of sp³-hybridized carbons (Fsp3) is 1.00. The summed E-state index contributed by atoms with van der Waals surface area (Å²) in [6.07, 6.45) is 6.96. The molecule has 0 aliphatic heterocycles. The molecule has 0 amide bonds. The van der Waals surface area contributed by atoms with Gasteiger partial charge in [-0.3, -0.25) is 0 Å². The molecule has 2 aliphatic rings. The molecule has 2 rings (SSSR count). The number of rotatable bonds is 9. The van der Waals surface area contributed by atoms with Crippen molar-refractivity contribution in [3.05, 3.63) is 0 Å². The van der Waals surface area contributed by atoms with Gasteiger partial charge in [-0.2, -0.15) is 11.8 Å². The molecule has 2 saturated carbocycles. The van der Waals surface area contributed by atoms with E-state index in [0.717, 1.165) is 35.9 Å². The van der Waals surface area contributed by atoms with Crippen LogP contribution >= 0.6 is 11.8 Å². The topological polar surface area (TPSA) is 46.2 Å². The maximum absolute atomic E-state index is 10.9. The van der Waals surface area contributed by atoms with Gasteiger partial charge in [0, 0.05) is 30.3 Å². The fourth-order valence-corrected chi connectivity index (χ4v) is 4.39. The first-order valence-corrected chi connectivity index (χ1v) is 9.76. The predicted octanol–water partition coefficient (Wildman–Crippen LogP) is 1.54. The van der Waals surface area contributed by atoms with Gasteiger partial charge in [0.05, 0.1) is 5.75 Å². The molecule has 0 bridgehead atoms. The van der Waals surface area contributed by atoms with Crippen LogP contribution in [-0.2, 0) is 9.84 Å². The van der Waals surface area contributed by atoms with E-state index in [2.05, 4.69) is 5.32 Å². The van der Waals surface area contributed by atoms with E-state index in [1.165, 1.54) is 31.9 Å². The minimum absolute atomic E-state index is 0.312. The van der Waals surface area contributed by atoms with Crippen LogP contribution in [0.3, 0.4) is 0 Å². The van der Waals surface area contributed by atoms with Crippen LogP contribution in [0.15, 0.2) is 0 Å². The van der Waals surface area contributed by atoms with Crippen LogP contribution in [0.25, 0.3) is 0 Å². The first-order chi connectivity index (χ1) is 8.06. The maximum Gasteiger partial charge on any atom is 0.148 e. The van der Waals surface area contributed by atoms with Gasteiger partial charge in [0.2, 0.25) is 0 Å². The summed E-state index contributed by atoms with van der Waals surface area (Å²) in [6.45, 7) is 1.03. The molecule has 0 saturated heterocycles. The Kier molecular flexibility index (Phi) is 4.78. The molecule has 2 fully saturated rings. The summed E-state index contributed by atoms with van der Waals surface area (Å²) in [5, 5.41) is 3.67. The van der Waals surface area contributed by atoms with Crippen molar-refractivity contribution in [1.29, 1.82) is 0 Å². The van der Waals surface area contributed by atoms with Crippen LogP contribution in [0.1, 0.15) is 25.7 Å². The van der Waals surface area contributed by atoms with Gasteiger partial charge < -0.3 is 5.32 Å². The molecule has 0 spiro atoms. The summed E-state index contributed by atoms with van der Waals surface area (Å²) < 4.78 is 21.9. The van der Waals surface area contributed by atoms with Gasteiger partial charge in [-0.15, -0.1) is 0 Å². The van der Waals surface area contributed by atoms with Crippen LogP contribution in [0.5, 0.6) is 0 Å². The maximum atomic E-state index is 10.9. The van der Waals surface area contributed by atoms with Crippen LogP contribution in [0.2, 0.25) is 0 Å². The number of sulfone groups is 1. The smallest absolute Gasteiger partial charge is 0.148 e. The van der Waals surface area contributed by atoms with E-state index >= 15 is 0 Å². The van der Waals surface area contributed by atoms with Gasteiger partial charge in [-0.25, -0.2) is 8.42 Å². The summed E-state index contributed by atoms with van der Waals surface area (Å²) in [4.78, 5) is 0. The second kappa shape index (κ2) is 5.93. The van der Waals surface area contributed by atoms with Crippen LogP contribution in [0.4, 0.5) is 0 Å². The van der Waals surface area contributed by atoms with Crippen molar-refractivity contribution >= 4 is 21.6 Å². The highest BCUT2D eigenvalue weighted by atomic mass is 32.2. The molecule has 0 aromatic carbocycles. The normalized spacial score (nSPS) is 21.1. The van der Waals surface area contributed by atoms with Crippen molar-refractivity contribution in [2.45, 2.75) is 31.7 Å². The predicted molar refractivity (Wildman–Crippen MR) is 74.3 cm³/mol. The van der Waals surface area contributed by atoms with Gasteiger partial charge in [-0.05, 0) is 37.5 Å². The summed E-state index contributed by atoms with van der Waals surface area (Å²) in [5.74, 6) is 3.97. The quantitative estimate of drug-likeness (QED) is 0.650. The summed E-state index contributed by atoms with van der Waals surface area (Å²) in [7, 11) is -2.78. The Balaban J connectivity index is 1.50. The lowest BCUT2D eigenvalue weighted by Gasteiger charge is -2.17. The highest BCUT2D eigenvalue weighted by Crippen LogP contribution is 2.44. The van der Waals surface area contributed by atoms with Gasteiger partial charge >= 0.3 is 0 Å². The summed E-state index contributed by atoms with van der Waals surface area (Å²) >= 11 is 1.74. The number of hydrogen-bond acceptors (Lipinski definition) is 4. The van der Waals surface area contributed by atoms with Crippen LogP contribution < -0.4 is 5.32 Å². The second-order valence-electron chi connectivity index (χ2n) is 5.40. The largest absolute Gasteiger partial charge is 0.313 e. The molecule has 5 heteroatoms. The summed E-state index contributed by atoms with van der Waals surface area (Å²) in [6, 6.07) is 0.769. The molecule has 0 radical (unpaired) electrons. The zero-order valence-electron chi connectivity index (χ0n) is 10.5. The molecule has 0 atom stereocenters. The Morgan fingerprint density at radius 1 is 1.18 bits per heavy atom. The number of thioether (sulfide) groups is 1. The first kappa shape index (κ1) is 13.7. The Hall–Kier alpha value is 0.260. The molecule has 0 aromatic heterocycles. The van der Waals surface area contributed by atoms with E-state index in [4.69, 9.17) is 0 Å². The van der Waals surface area contributed by atoms with E-state index < -0.39 is 9.84 Å². The Morgan fingerprint density at radius 3 is 2.24 bits per heavy atom. The van der Waals surface area contributed by atoms with Gasteiger partial charge in [-0.1, -0.05) is 0 Å². The van der Waals surface area contributed by atoms with Crippen molar-refractivity contribution in [2.75, 3.05) is 30.1 Å². The third kappa shape index (κ3) is 5.62. The lowest BCUT2D eigenvalue weighted by atomic mass is 10.1. The van der Waals surface area contributed by atoms with E-state index in [0.29, 0.717) is 5.75 Å². The van der Waals surface area contributed by atoms with Crippen molar-refractivity contribution in [2.24, 2.45) is 11.8 Å². The lowest BCUT2D eigenvalue weighted by Crippen LogP contribution is -2.34. The average molecular weight is 277 g/mol. The third-order valence-corrected chi connectivity index (χ3v) is 5.67. The van der Waals surface area contributed by atoms with Crippen molar-refractivity contribution in [3.8, 4) is 0 Å². The van der Waals surface area contributed by atoms with E-state index in [-0.39, 0.29) is 0 Å². The Labute approximate surface area is 109 Å². The fourth-order valence-electron chi connectivity index (χ4n) is 2.24. The Bertz CT molecular complexity index is 322. The molecule has 2 aliphatic carbocycles. The van der Waals surface area contributed by atoms with Crippen LogP contribution in [-0.4, -0.2) is 44.5 Å². The molecule has 3 nitrogen and oxygen atoms in total. The van der Waals surface area contributed by atoms with Crippen molar-refractivity contribution < 1.29 is 8.42 Å². The molecular weight excluding hydrogens is 254 g/mol. The molecule has 1 N–H and O–H groups in total. The van der Waals surface area contributed by atoms with E-state index in [9.17, 15) is 8.42 Å². The van der Waals surface area contributed by atoms with Crippen molar-refractivity contribution in [1.82, 2.24) is 5.32 Å². The van der Waals surface area contributed by atoms with Gasteiger partial charge in [0.1, 0.15) is 9.84 Å². The van der Waals surface area contributed by atoms with E-state index in [1.807, 2.05) is 0 Å². The SMILES string of the molecule is CS(=O)(=O)CCSCCNC(C1CC1)C1CC1. The number of nitrogens with one attached hydrogen (secondary N) is 1. The molecule has 17 heavy (non-hydrogen) atoms. The molecule has 0 aromatic rings. The van der Waals surface area contributed by atoms with Gasteiger partial charge in [0.15, 0.2) is 0 Å². The second-order valence-corrected chi connectivity index (χ2v) is 8.88. The minimum Gasteiger partial charge on any atom is -0.313 e. The number of hydrogen-bond donors (Lipinski definition) is 1. The third-order valence-electron chi connectivity index (χ3n) is 3.48. The zero-order chi connectivity index (χ0) is 12.3. The lowest BCUT2D eigenvalue weighted by molar-refractivity contribution is 0.429. The molecular formula is C12H23NO2S2. The van der Waals surface area contributed by atoms with E-state index in [1.54, 1.807) is 11.8 Å². The standard InChI is InChI=1S/C12H23NO2S2/c1-17(14,15)9-8-16-7-6-13-12(10-2-3-10)11-4-5-11/h10-13H,2-9H2,1H3. The molecule has 100 valence electrons. The van der Waals surface area contributed by atoms with Gasteiger partial charge in [0.25, 0.3) is 0 Å². The first-order valence-electron chi connectivity index (χ1n) is 6.55. The highest BCUT2D eigenvalue weighted by molar-refractivity contribution is 8.00. The van der Waals surface area contributed by atoms with Crippen LogP contribution in [0, 0.1) is 11.8 Å². The average Bonchev–Trinajstić information content (AvgIpc) is 3.09. The molecule has 0 unspecified atom stereocenters. The monoisotopic (exact) mass is 277 g/mol. The Morgan fingerprint density at radius 2 is 1.76 bits per heavy atom. The summed E-state index contributed by atoms with van der Waals surface area (Å²) in [5.41, 5.74) is 0. The minimum atomic E-state index is -2.78. The molecule has 0 heterocycles. The van der Waals surface area contributed by atoms with Crippen molar-refractivity contribution in [3.63, 3.8) is 0 Å².